The number of carbonyl (C=O) groups excluding carboxylic acids is 1. The molecule has 0 aromatic carbocycles. The van der Waals surface area contributed by atoms with Crippen LogP contribution in [0.1, 0.15) is 32.5 Å². The van der Waals surface area contributed by atoms with Gasteiger partial charge in [-0.2, -0.15) is 4.98 Å². The third kappa shape index (κ3) is 4.95. The fourth-order valence-corrected chi connectivity index (χ4v) is 1.71. The standard InChI is InChI=1S/C11H20N4O2/c1-7(2)4-9(6-12)5-10(16)14-11-13-8(3)15-17-11/h7,9H,4-6,12H2,1-3H3,(H,13,14,15,16)/t9-/m0/s1. The number of nitrogens with zero attached hydrogens (tertiary/aromatic N) is 2. The molecule has 0 fully saturated rings. The molecule has 0 radical (unpaired) electrons. The zero-order valence-electron chi connectivity index (χ0n) is 10.6. The van der Waals surface area contributed by atoms with Crippen molar-refractivity contribution in [2.45, 2.75) is 33.6 Å². The van der Waals surface area contributed by atoms with E-state index >= 15 is 0 Å². The van der Waals surface area contributed by atoms with Crippen LogP contribution in [0.25, 0.3) is 0 Å². The molecule has 0 aliphatic rings. The second-order valence-electron chi connectivity index (χ2n) is 4.63. The van der Waals surface area contributed by atoms with E-state index in [-0.39, 0.29) is 17.8 Å². The largest absolute Gasteiger partial charge is 0.330 e. The number of rotatable bonds is 6. The third-order valence-electron chi connectivity index (χ3n) is 2.39. The number of hydrogen-bond acceptors (Lipinski definition) is 5. The van der Waals surface area contributed by atoms with Crippen molar-refractivity contribution in [2.75, 3.05) is 11.9 Å². The number of aromatic nitrogens is 2. The minimum Gasteiger partial charge on any atom is -0.330 e. The molecule has 0 saturated heterocycles. The quantitative estimate of drug-likeness (QED) is 0.782. The Morgan fingerprint density at radius 1 is 1.53 bits per heavy atom. The lowest BCUT2D eigenvalue weighted by Gasteiger charge is -2.15. The molecule has 0 aliphatic carbocycles. The highest BCUT2D eigenvalue weighted by Crippen LogP contribution is 2.15. The van der Waals surface area contributed by atoms with Gasteiger partial charge in [-0.3, -0.25) is 10.1 Å². The maximum Gasteiger partial charge on any atom is 0.328 e. The van der Waals surface area contributed by atoms with Gasteiger partial charge in [-0.05, 0) is 31.7 Å². The topological polar surface area (TPSA) is 94.0 Å². The Balaban J connectivity index is 2.42. The molecule has 1 rings (SSSR count). The van der Waals surface area contributed by atoms with Crippen LogP contribution in [0, 0.1) is 18.8 Å². The van der Waals surface area contributed by atoms with Gasteiger partial charge in [0.25, 0.3) is 0 Å². The average molecular weight is 240 g/mol. The average Bonchev–Trinajstić information content (AvgIpc) is 2.62. The van der Waals surface area contributed by atoms with Gasteiger partial charge in [0.15, 0.2) is 5.82 Å². The van der Waals surface area contributed by atoms with E-state index in [4.69, 9.17) is 10.3 Å². The molecule has 1 aromatic heterocycles. The lowest BCUT2D eigenvalue weighted by atomic mass is 9.94. The molecule has 1 atom stereocenters. The SMILES string of the molecule is Cc1noc(NC(=O)C[C@@H](CN)CC(C)C)n1. The van der Waals surface area contributed by atoms with Crippen LogP contribution in [0.5, 0.6) is 0 Å². The summed E-state index contributed by atoms with van der Waals surface area (Å²) in [7, 11) is 0. The first kappa shape index (κ1) is 13.6. The van der Waals surface area contributed by atoms with Gasteiger partial charge < -0.3 is 10.3 Å². The second kappa shape index (κ2) is 6.34. The van der Waals surface area contributed by atoms with Crippen LogP contribution in [0.4, 0.5) is 6.01 Å². The maximum atomic E-state index is 11.7. The molecule has 1 amide bonds. The Morgan fingerprint density at radius 3 is 2.71 bits per heavy atom. The zero-order valence-corrected chi connectivity index (χ0v) is 10.6. The van der Waals surface area contributed by atoms with Crippen molar-refractivity contribution < 1.29 is 9.32 Å². The molecule has 0 saturated carbocycles. The van der Waals surface area contributed by atoms with Crippen LogP contribution in [0.2, 0.25) is 0 Å². The van der Waals surface area contributed by atoms with Gasteiger partial charge in [-0.25, -0.2) is 0 Å². The maximum absolute atomic E-state index is 11.7. The summed E-state index contributed by atoms with van der Waals surface area (Å²) in [6.45, 7) is 6.43. The van der Waals surface area contributed by atoms with Crippen molar-refractivity contribution in [3.05, 3.63) is 5.82 Å². The molecule has 0 aliphatic heterocycles. The highest BCUT2D eigenvalue weighted by Gasteiger charge is 2.15. The summed E-state index contributed by atoms with van der Waals surface area (Å²) in [5.74, 6) is 1.09. The Morgan fingerprint density at radius 2 is 2.24 bits per heavy atom. The highest BCUT2D eigenvalue weighted by atomic mass is 16.5. The summed E-state index contributed by atoms with van der Waals surface area (Å²) in [6.07, 6.45) is 1.32. The van der Waals surface area contributed by atoms with Crippen LogP contribution in [0.15, 0.2) is 4.52 Å². The van der Waals surface area contributed by atoms with E-state index in [1.165, 1.54) is 0 Å². The smallest absolute Gasteiger partial charge is 0.328 e. The summed E-state index contributed by atoms with van der Waals surface area (Å²) in [5, 5.41) is 6.16. The van der Waals surface area contributed by atoms with Gasteiger partial charge in [0.05, 0.1) is 0 Å². The Kier molecular flexibility index (Phi) is 5.09. The van der Waals surface area contributed by atoms with E-state index < -0.39 is 0 Å². The van der Waals surface area contributed by atoms with E-state index in [2.05, 4.69) is 29.3 Å². The van der Waals surface area contributed by atoms with Crippen LogP contribution in [-0.4, -0.2) is 22.6 Å². The molecule has 0 bridgehead atoms. The monoisotopic (exact) mass is 240 g/mol. The van der Waals surface area contributed by atoms with Gasteiger partial charge in [-0.15, -0.1) is 0 Å². The Hall–Kier alpha value is -1.43. The second-order valence-corrected chi connectivity index (χ2v) is 4.63. The van der Waals surface area contributed by atoms with Crippen molar-refractivity contribution in [2.24, 2.45) is 17.6 Å². The molecule has 0 spiro atoms. The Labute approximate surface area is 101 Å². The van der Waals surface area contributed by atoms with Gasteiger partial charge in [0, 0.05) is 6.42 Å². The van der Waals surface area contributed by atoms with Crippen molar-refractivity contribution in [1.82, 2.24) is 10.1 Å². The van der Waals surface area contributed by atoms with Gasteiger partial charge in [0.2, 0.25) is 5.91 Å². The minimum atomic E-state index is -0.134. The van der Waals surface area contributed by atoms with Gasteiger partial charge in [0.1, 0.15) is 0 Å². The number of nitrogens with two attached hydrogens (primary N) is 1. The fraction of sp³-hybridized carbons (Fsp3) is 0.727. The number of amides is 1. The number of nitrogens with one attached hydrogen (secondary N) is 1. The van der Waals surface area contributed by atoms with Gasteiger partial charge in [-0.1, -0.05) is 19.0 Å². The molecule has 6 nitrogen and oxygen atoms in total. The number of aryl methyl sites for hydroxylation is 1. The predicted molar refractivity (Wildman–Crippen MR) is 64.3 cm³/mol. The predicted octanol–water partition coefficient (Wildman–Crippen LogP) is 1.33. The molecule has 6 heteroatoms. The molecule has 1 heterocycles. The van der Waals surface area contributed by atoms with Crippen LogP contribution >= 0.6 is 0 Å². The summed E-state index contributed by atoms with van der Waals surface area (Å²) in [5.41, 5.74) is 5.64. The number of carbonyl (C=O) groups is 1. The van der Waals surface area contributed by atoms with Crippen LogP contribution < -0.4 is 11.1 Å². The minimum absolute atomic E-state index is 0.134. The first-order valence-corrected chi connectivity index (χ1v) is 5.81. The Bertz CT molecular complexity index is 362. The zero-order chi connectivity index (χ0) is 12.8. The van der Waals surface area contributed by atoms with E-state index in [1.807, 2.05) is 0 Å². The molecular formula is C11H20N4O2. The van der Waals surface area contributed by atoms with Crippen molar-refractivity contribution in [1.29, 1.82) is 0 Å². The van der Waals surface area contributed by atoms with E-state index in [0.717, 1.165) is 6.42 Å². The lowest BCUT2D eigenvalue weighted by molar-refractivity contribution is -0.117. The number of hydrogen-bond donors (Lipinski definition) is 2. The van der Waals surface area contributed by atoms with Crippen molar-refractivity contribution in [3.63, 3.8) is 0 Å². The summed E-state index contributed by atoms with van der Waals surface area (Å²) >= 11 is 0. The van der Waals surface area contributed by atoms with Crippen LogP contribution in [-0.2, 0) is 4.79 Å². The van der Waals surface area contributed by atoms with E-state index in [0.29, 0.717) is 24.7 Å². The van der Waals surface area contributed by atoms with Crippen molar-refractivity contribution in [3.8, 4) is 0 Å². The molecule has 1 aromatic rings. The van der Waals surface area contributed by atoms with E-state index in [9.17, 15) is 4.79 Å². The first-order valence-electron chi connectivity index (χ1n) is 5.81. The summed E-state index contributed by atoms with van der Waals surface area (Å²) in [6, 6.07) is 0.146. The number of anilines is 1. The van der Waals surface area contributed by atoms with E-state index in [1.54, 1.807) is 6.92 Å². The fourth-order valence-electron chi connectivity index (χ4n) is 1.71. The molecular weight excluding hydrogens is 220 g/mol. The molecule has 3 N–H and O–H groups in total. The normalized spacial score (nSPS) is 12.8. The lowest BCUT2D eigenvalue weighted by Crippen LogP contribution is -2.23. The first-order chi connectivity index (χ1) is 8.01. The molecule has 0 unspecified atom stereocenters. The summed E-state index contributed by atoms with van der Waals surface area (Å²) in [4.78, 5) is 15.6. The third-order valence-corrected chi connectivity index (χ3v) is 2.39. The van der Waals surface area contributed by atoms with Crippen LogP contribution in [0.3, 0.4) is 0 Å². The van der Waals surface area contributed by atoms with Gasteiger partial charge >= 0.3 is 6.01 Å². The molecule has 96 valence electrons. The van der Waals surface area contributed by atoms with Crippen molar-refractivity contribution >= 4 is 11.9 Å². The summed E-state index contributed by atoms with van der Waals surface area (Å²) < 4.78 is 4.81. The highest BCUT2D eigenvalue weighted by molar-refractivity contribution is 5.88. The molecule has 17 heavy (non-hydrogen) atoms.